The lowest BCUT2D eigenvalue weighted by Crippen LogP contribution is -2.41. The van der Waals surface area contributed by atoms with E-state index in [1.165, 1.54) is 12.1 Å². The van der Waals surface area contributed by atoms with Crippen LogP contribution in [0.15, 0.2) is 77.7 Å². The molecule has 0 spiro atoms. The predicted molar refractivity (Wildman–Crippen MR) is 127 cm³/mol. The molecule has 0 aliphatic carbocycles. The van der Waals surface area contributed by atoms with Crippen molar-refractivity contribution in [1.82, 2.24) is 5.32 Å². The molecule has 168 valence electrons. The molecule has 8 heteroatoms. The fraction of sp³-hybridized carbons (Fsp3) is 0.208. The molecule has 0 saturated carbocycles. The number of anilines is 1. The Morgan fingerprint density at radius 2 is 1.72 bits per heavy atom. The summed E-state index contributed by atoms with van der Waals surface area (Å²) < 4.78 is 33.0. The first kappa shape index (κ1) is 23.6. The van der Waals surface area contributed by atoms with Gasteiger partial charge < -0.3 is 10.1 Å². The number of benzene rings is 3. The minimum absolute atomic E-state index is 0.0905. The molecule has 0 heterocycles. The van der Waals surface area contributed by atoms with Crippen LogP contribution in [0, 0.1) is 6.92 Å². The summed E-state index contributed by atoms with van der Waals surface area (Å²) in [5.74, 6) is 0.271. The van der Waals surface area contributed by atoms with E-state index >= 15 is 0 Å². The highest BCUT2D eigenvalue weighted by atomic mass is 35.5. The van der Waals surface area contributed by atoms with E-state index in [9.17, 15) is 13.2 Å². The monoisotopic (exact) mass is 472 g/mol. The van der Waals surface area contributed by atoms with E-state index in [1.54, 1.807) is 55.6 Å². The number of hydrogen-bond acceptors (Lipinski definition) is 4. The Morgan fingerprint density at radius 1 is 1.06 bits per heavy atom. The van der Waals surface area contributed by atoms with Gasteiger partial charge in [-0.05, 0) is 61.4 Å². The smallest absolute Gasteiger partial charge is 0.264 e. The maximum absolute atomic E-state index is 13.4. The van der Waals surface area contributed by atoms with Gasteiger partial charge in [-0.25, -0.2) is 8.42 Å². The lowest BCUT2D eigenvalue weighted by molar-refractivity contribution is -0.120. The number of nitrogens with one attached hydrogen (secondary N) is 1. The van der Waals surface area contributed by atoms with Crippen molar-refractivity contribution in [3.05, 3.63) is 88.9 Å². The summed E-state index contributed by atoms with van der Waals surface area (Å²) in [6.07, 6.45) is 0. The molecular formula is C24H25ClN2O4S. The van der Waals surface area contributed by atoms with E-state index in [-0.39, 0.29) is 10.9 Å². The van der Waals surface area contributed by atoms with Crippen LogP contribution in [-0.2, 0) is 14.8 Å². The third kappa shape index (κ3) is 5.41. The maximum atomic E-state index is 13.4. The number of rotatable bonds is 8. The van der Waals surface area contributed by atoms with Crippen LogP contribution >= 0.6 is 11.6 Å². The number of nitrogens with zero attached hydrogens (tertiary/aromatic N) is 1. The van der Waals surface area contributed by atoms with E-state index in [0.29, 0.717) is 16.5 Å². The predicted octanol–water partition coefficient (Wildman–Crippen LogP) is 4.73. The van der Waals surface area contributed by atoms with Gasteiger partial charge in [0.05, 0.1) is 23.7 Å². The van der Waals surface area contributed by atoms with E-state index in [0.717, 1.165) is 15.4 Å². The average molecular weight is 473 g/mol. The topological polar surface area (TPSA) is 75.7 Å². The van der Waals surface area contributed by atoms with Crippen LogP contribution in [0.5, 0.6) is 5.75 Å². The lowest BCUT2D eigenvalue weighted by Gasteiger charge is -2.25. The molecule has 3 rings (SSSR count). The molecule has 0 radical (unpaired) electrons. The summed E-state index contributed by atoms with van der Waals surface area (Å²) in [6, 6.07) is 19.9. The van der Waals surface area contributed by atoms with Crippen molar-refractivity contribution in [1.29, 1.82) is 0 Å². The second kappa shape index (κ2) is 10.1. The number of carbonyl (C=O) groups is 1. The fourth-order valence-electron chi connectivity index (χ4n) is 3.17. The lowest BCUT2D eigenvalue weighted by atomic mass is 10.1. The number of aryl methyl sites for hydroxylation is 1. The van der Waals surface area contributed by atoms with Crippen LogP contribution in [0.1, 0.15) is 24.1 Å². The highest BCUT2D eigenvalue weighted by Gasteiger charge is 2.28. The van der Waals surface area contributed by atoms with Gasteiger partial charge in [-0.2, -0.15) is 0 Å². The largest absolute Gasteiger partial charge is 0.497 e. The van der Waals surface area contributed by atoms with Gasteiger partial charge >= 0.3 is 0 Å². The molecule has 32 heavy (non-hydrogen) atoms. The van der Waals surface area contributed by atoms with Crippen LogP contribution < -0.4 is 14.4 Å². The molecule has 0 fully saturated rings. The molecule has 0 unspecified atom stereocenters. The SMILES string of the molecule is COc1ccc([C@H](C)NC(=O)CN(c2ccc(C)c(Cl)c2)S(=O)(=O)c2ccccc2)cc1. The Hall–Kier alpha value is -3.03. The van der Waals surface area contributed by atoms with Gasteiger partial charge in [0.25, 0.3) is 10.0 Å². The van der Waals surface area contributed by atoms with Crippen molar-refractivity contribution in [2.75, 3.05) is 18.0 Å². The molecule has 1 amide bonds. The first-order valence-electron chi connectivity index (χ1n) is 9.99. The molecule has 1 N–H and O–H groups in total. The number of methoxy groups -OCH3 is 1. The minimum atomic E-state index is -3.99. The molecule has 6 nitrogen and oxygen atoms in total. The number of halogens is 1. The third-order valence-electron chi connectivity index (χ3n) is 5.06. The van der Waals surface area contributed by atoms with Gasteiger partial charge in [0.1, 0.15) is 12.3 Å². The zero-order valence-corrected chi connectivity index (χ0v) is 19.7. The van der Waals surface area contributed by atoms with Crippen molar-refractivity contribution in [2.45, 2.75) is 24.8 Å². The molecule has 0 aliphatic heterocycles. The first-order chi connectivity index (χ1) is 15.2. The van der Waals surface area contributed by atoms with Crippen LogP contribution in [0.2, 0.25) is 5.02 Å². The van der Waals surface area contributed by atoms with Gasteiger partial charge in [-0.1, -0.05) is 48.0 Å². The highest BCUT2D eigenvalue weighted by Crippen LogP contribution is 2.28. The third-order valence-corrected chi connectivity index (χ3v) is 7.25. The van der Waals surface area contributed by atoms with Crippen LogP contribution in [-0.4, -0.2) is 28.0 Å². The number of carbonyl (C=O) groups excluding carboxylic acids is 1. The zero-order chi connectivity index (χ0) is 23.3. The molecule has 0 saturated heterocycles. The van der Waals surface area contributed by atoms with E-state index in [2.05, 4.69) is 5.32 Å². The van der Waals surface area contributed by atoms with Crippen LogP contribution in [0.4, 0.5) is 5.69 Å². The van der Waals surface area contributed by atoms with Crippen molar-refractivity contribution in [3.63, 3.8) is 0 Å². The summed E-state index contributed by atoms with van der Waals surface area (Å²) in [5.41, 5.74) is 2.00. The Kier molecular flexibility index (Phi) is 7.43. The quantitative estimate of drug-likeness (QED) is 0.514. The van der Waals surface area contributed by atoms with E-state index in [4.69, 9.17) is 16.3 Å². The number of amides is 1. The van der Waals surface area contributed by atoms with Crippen molar-refractivity contribution >= 4 is 33.2 Å². The summed E-state index contributed by atoms with van der Waals surface area (Å²) in [7, 11) is -2.41. The van der Waals surface area contributed by atoms with Crippen LogP contribution in [0.3, 0.4) is 0 Å². The van der Waals surface area contributed by atoms with Gasteiger partial charge in [-0.3, -0.25) is 9.10 Å². The molecule has 1 atom stereocenters. The number of ether oxygens (including phenoxy) is 1. The molecule has 0 aliphatic rings. The normalized spacial score (nSPS) is 12.1. The molecule has 3 aromatic rings. The maximum Gasteiger partial charge on any atom is 0.264 e. The minimum Gasteiger partial charge on any atom is -0.497 e. The van der Waals surface area contributed by atoms with Gasteiger partial charge in [0.15, 0.2) is 0 Å². The Labute approximate surface area is 193 Å². The summed E-state index contributed by atoms with van der Waals surface area (Å²) in [6.45, 7) is 3.26. The highest BCUT2D eigenvalue weighted by molar-refractivity contribution is 7.92. The van der Waals surface area contributed by atoms with Crippen LogP contribution in [0.25, 0.3) is 0 Å². The summed E-state index contributed by atoms with van der Waals surface area (Å²) >= 11 is 6.25. The Bertz CT molecular complexity index is 1180. The second-order valence-corrected chi connectivity index (χ2v) is 9.59. The molecule has 3 aromatic carbocycles. The standard InChI is InChI=1S/C24H25ClN2O4S/c1-17-9-12-20(15-23(17)25)27(32(29,30)22-7-5-4-6-8-22)16-24(28)26-18(2)19-10-13-21(31-3)14-11-19/h4-15,18H,16H2,1-3H3,(H,26,28)/t18-/m0/s1. The van der Waals surface area contributed by atoms with Gasteiger partial charge in [0.2, 0.25) is 5.91 Å². The second-order valence-electron chi connectivity index (χ2n) is 7.32. The molecule has 0 bridgehead atoms. The molecule has 0 aromatic heterocycles. The Morgan fingerprint density at radius 3 is 2.31 bits per heavy atom. The molecular weight excluding hydrogens is 448 g/mol. The van der Waals surface area contributed by atoms with Gasteiger partial charge in [0, 0.05) is 5.02 Å². The summed E-state index contributed by atoms with van der Waals surface area (Å²) in [5, 5.41) is 3.28. The summed E-state index contributed by atoms with van der Waals surface area (Å²) in [4.78, 5) is 13.0. The van der Waals surface area contributed by atoms with Crippen molar-refractivity contribution < 1.29 is 17.9 Å². The zero-order valence-electron chi connectivity index (χ0n) is 18.1. The van der Waals surface area contributed by atoms with Crippen molar-refractivity contribution in [2.24, 2.45) is 0 Å². The Balaban J connectivity index is 1.88. The number of sulfonamides is 1. The average Bonchev–Trinajstić information content (AvgIpc) is 2.80. The van der Waals surface area contributed by atoms with Gasteiger partial charge in [-0.15, -0.1) is 0 Å². The fourth-order valence-corrected chi connectivity index (χ4v) is 4.77. The van der Waals surface area contributed by atoms with E-state index in [1.807, 2.05) is 26.0 Å². The van der Waals surface area contributed by atoms with Crippen molar-refractivity contribution in [3.8, 4) is 5.75 Å². The number of hydrogen-bond donors (Lipinski definition) is 1. The first-order valence-corrected chi connectivity index (χ1v) is 11.8. The van der Waals surface area contributed by atoms with E-state index < -0.39 is 22.5 Å².